The molecule has 100 valence electrons. The first kappa shape index (κ1) is 14.3. The number of aromatic nitrogens is 1. The molecule has 2 atom stereocenters. The van der Waals surface area contributed by atoms with Crippen molar-refractivity contribution in [3.8, 4) is 0 Å². The van der Waals surface area contributed by atoms with E-state index >= 15 is 0 Å². The molecule has 5 heteroatoms. The number of pyridine rings is 1. The normalized spacial score (nSPS) is 21.1. The smallest absolute Gasteiger partial charge is 0.0963 e. The van der Waals surface area contributed by atoms with Crippen molar-refractivity contribution in [1.82, 2.24) is 10.3 Å². The number of hydrogen-bond donors (Lipinski definition) is 1. The molecule has 3 nitrogen and oxygen atoms in total. The van der Waals surface area contributed by atoms with Crippen LogP contribution in [-0.2, 0) is 4.74 Å². The van der Waals surface area contributed by atoms with Crippen molar-refractivity contribution in [2.45, 2.75) is 36.1 Å². The Bertz CT molecular complexity index is 355. The van der Waals surface area contributed by atoms with Crippen LogP contribution in [-0.4, -0.2) is 36.0 Å². The highest BCUT2D eigenvalue weighted by Gasteiger charge is 2.15. The van der Waals surface area contributed by atoms with Crippen molar-refractivity contribution >= 4 is 27.7 Å². The fraction of sp³-hybridized carbons (Fsp3) is 0.615. The zero-order valence-corrected chi connectivity index (χ0v) is 13.0. The van der Waals surface area contributed by atoms with Crippen molar-refractivity contribution < 1.29 is 4.74 Å². The van der Waals surface area contributed by atoms with Gasteiger partial charge in [0.2, 0.25) is 0 Å². The Morgan fingerprint density at radius 2 is 2.50 bits per heavy atom. The lowest BCUT2D eigenvalue weighted by atomic mass is 10.2. The highest BCUT2D eigenvalue weighted by molar-refractivity contribution is 9.10. The van der Waals surface area contributed by atoms with Crippen molar-refractivity contribution in [3.05, 3.63) is 22.8 Å². The molecular weight excluding hydrogens is 312 g/mol. The van der Waals surface area contributed by atoms with E-state index in [1.807, 2.05) is 18.3 Å². The van der Waals surface area contributed by atoms with Gasteiger partial charge in [0.25, 0.3) is 0 Å². The molecule has 1 N–H and O–H groups in total. The molecule has 0 bridgehead atoms. The van der Waals surface area contributed by atoms with Gasteiger partial charge in [0.05, 0.1) is 11.1 Å². The second-order valence-corrected chi connectivity index (χ2v) is 6.91. The summed E-state index contributed by atoms with van der Waals surface area (Å²) in [5, 5.41) is 5.06. The van der Waals surface area contributed by atoms with Gasteiger partial charge in [-0.15, -0.1) is 11.8 Å². The zero-order valence-electron chi connectivity index (χ0n) is 10.6. The quantitative estimate of drug-likeness (QED) is 0.813. The molecule has 2 heterocycles. The van der Waals surface area contributed by atoms with E-state index in [0.717, 1.165) is 29.2 Å². The molecule has 0 aromatic carbocycles. The van der Waals surface area contributed by atoms with Gasteiger partial charge in [0.15, 0.2) is 0 Å². The maximum atomic E-state index is 5.58. The molecule has 2 rings (SSSR count). The summed E-state index contributed by atoms with van der Waals surface area (Å²) in [5.41, 5.74) is 0. The minimum absolute atomic E-state index is 0.424. The zero-order chi connectivity index (χ0) is 12.8. The van der Waals surface area contributed by atoms with Crippen molar-refractivity contribution in [3.63, 3.8) is 0 Å². The number of hydrogen-bond acceptors (Lipinski definition) is 4. The van der Waals surface area contributed by atoms with Gasteiger partial charge in [0, 0.05) is 35.6 Å². The molecule has 1 saturated heterocycles. The Morgan fingerprint density at radius 1 is 1.61 bits per heavy atom. The Morgan fingerprint density at radius 3 is 3.17 bits per heavy atom. The average molecular weight is 331 g/mol. The molecule has 1 aliphatic heterocycles. The first-order valence-electron chi connectivity index (χ1n) is 6.34. The lowest BCUT2D eigenvalue weighted by Crippen LogP contribution is -2.30. The molecule has 1 fully saturated rings. The van der Waals surface area contributed by atoms with Crippen LogP contribution in [0.2, 0.25) is 0 Å². The maximum Gasteiger partial charge on any atom is 0.0963 e. The molecular formula is C13H19BrN2OS. The predicted octanol–water partition coefficient (Wildman–Crippen LogP) is 3.09. The Balaban J connectivity index is 1.65. The SMILES string of the molecule is CC(CNCC1CCCO1)Sc1ccc(Br)cn1. The first-order valence-corrected chi connectivity index (χ1v) is 8.02. The predicted molar refractivity (Wildman–Crippen MR) is 79.1 cm³/mol. The summed E-state index contributed by atoms with van der Waals surface area (Å²) in [6.45, 7) is 5.11. The van der Waals surface area contributed by atoms with Crippen LogP contribution in [0.4, 0.5) is 0 Å². The van der Waals surface area contributed by atoms with E-state index in [0.29, 0.717) is 11.4 Å². The van der Waals surface area contributed by atoms with Gasteiger partial charge in [-0.3, -0.25) is 0 Å². The second kappa shape index (κ2) is 7.48. The molecule has 18 heavy (non-hydrogen) atoms. The number of nitrogens with one attached hydrogen (secondary N) is 1. The molecule has 0 radical (unpaired) electrons. The van der Waals surface area contributed by atoms with E-state index in [4.69, 9.17) is 4.74 Å². The van der Waals surface area contributed by atoms with E-state index in [1.165, 1.54) is 12.8 Å². The van der Waals surface area contributed by atoms with Crippen LogP contribution in [0.15, 0.2) is 27.8 Å². The largest absolute Gasteiger partial charge is 0.377 e. The van der Waals surface area contributed by atoms with Crippen LogP contribution >= 0.6 is 27.7 Å². The van der Waals surface area contributed by atoms with Gasteiger partial charge < -0.3 is 10.1 Å². The summed E-state index contributed by atoms with van der Waals surface area (Å²) >= 11 is 5.19. The number of nitrogens with zero attached hydrogens (tertiary/aromatic N) is 1. The Labute approximate surface area is 121 Å². The summed E-state index contributed by atoms with van der Waals surface area (Å²) in [6, 6.07) is 4.08. The van der Waals surface area contributed by atoms with E-state index in [-0.39, 0.29) is 0 Å². The van der Waals surface area contributed by atoms with Crippen LogP contribution in [0.5, 0.6) is 0 Å². The van der Waals surface area contributed by atoms with Crippen molar-refractivity contribution in [2.24, 2.45) is 0 Å². The highest BCUT2D eigenvalue weighted by atomic mass is 79.9. The highest BCUT2D eigenvalue weighted by Crippen LogP contribution is 2.21. The monoisotopic (exact) mass is 330 g/mol. The van der Waals surface area contributed by atoms with Crippen LogP contribution in [0.1, 0.15) is 19.8 Å². The summed E-state index contributed by atoms with van der Waals surface area (Å²) < 4.78 is 6.60. The summed E-state index contributed by atoms with van der Waals surface area (Å²) in [7, 11) is 0. The van der Waals surface area contributed by atoms with Gasteiger partial charge in [-0.05, 0) is 40.9 Å². The third-order valence-corrected chi connectivity index (χ3v) is 4.37. The third-order valence-electron chi connectivity index (χ3n) is 2.85. The van der Waals surface area contributed by atoms with E-state index in [9.17, 15) is 0 Å². The van der Waals surface area contributed by atoms with Gasteiger partial charge in [-0.1, -0.05) is 6.92 Å². The van der Waals surface area contributed by atoms with Crippen molar-refractivity contribution in [1.29, 1.82) is 0 Å². The number of halogens is 1. The average Bonchev–Trinajstić information content (AvgIpc) is 2.85. The minimum atomic E-state index is 0.424. The molecule has 0 spiro atoms. The standard InChI is InChI=1S/C13H19BrN2OS/c1-10(7-15-9-12-3-2-6-17-12)18-13-5-4-11(14)8-16-13/h4-5,8,10,12,15H,2-3,6-7,9H2,1H3. The van der Waals surface area contributed by atoms with Gasteiger partial charge in [-0.2, -0.15) is 0 Å². The van der Waals surface area contributed by atoms with Gasteiger partial charge in [-0.25, -0.2) is 4.98 Å². The van der Waals surface area contributed by atoms with Crippen LogP contribution in [0.25, 0.3) is 0 Å². The lowest BCUT2D eigenvalue weighted by Gasteiger charge is -2.14. The number of thioether (sulfide) groups is 1. The Kier molecular flexibility index (Phi) is 5.95. The van der Waals surface area contributed by atoms with Gasteiger partial charge >= 0.3 is 0 Å². The Hall–Kier alpha value is -0.100. The van der Waals surface area contributed by atoms with E-state index in [2.05, 4.69) is 33.2 Å². The molecule has 0 amide bonds. The molecule has 0 saturated carbocycles. The molecule has 1 aromatic heterocycles. The van der Waals surface area contributed by atoms with E-state index in [1.54, 1.807) is 11.8 Å². The lowest BCUT2D eigenvalue weighted by molar-refractivity contribution is 0.110. The summed E-state index contributed by atoms with van der Waals surface area (Å²) in [4.78, 5) is 4.37. The van der Waals surface area contributed by atoms with Gasteiger partial charge in [0.1, 0.15) is 0 Å². The number of ether oxygens (including phenoxy) is 1. The van der Waals surface area contributed by atoms with Crippen molar-refractivity contribution in [2.75, 3.05) is 19.7 Å². The minimum Gasteiger partial charge on any atom is -0.377 e. The first-order chi connectivity index (χ1) is 8.74. The summed E-state index contributed by atoms with van der Waals surface area (Å²) in [5.74, 6) is 0. The molecule has 2 unspecified atom stereocenters. The second-order valence-electron chi connectivity index (χ2n) is 4.54. The molecule has 0 aliphatic carbocycles. The van der Waals surface area contributed by atoms with Crippen LogP contribution in [0, 0.1) is 0 Å². The van der Waals surface area contributed by atoms with Crippen LogP contribution in [0.3, 0.4) is 0 Å². The fourth-order valence-corrected chi connectivity index (χ4v) is 3.04. The molecule has 1 aromatic rings. The van der Waals surface area contributed by atoms with Crippen LogP contribution < -0.4 is 5.32 Å². The number of rotatable bonds is 6. The third kappa shape index (κ3) is 4.88. The van der Waals surface area contributed by atoms with E-state index < -0.39 is 0 Å². The molecule has 1 aliphatic rings. The summed E-state index contributed by atoms with van der Waals surface area (Å²) in [6.07, 6.45) is 4.67. The topological polar surface area (TPSA) is 34.1 Å². The maximum absolute atomic E-state index is 5.58. The fourth-order valence-electron chi connectivity index (χ4n) is 1.93.